The summed E-state index contributed by atoms with van der Waals surface area (Å²) in [5.41, 5.74) is 0.401. The first-order valence-electron chi connectivity index (χ1n) is 6.37. The summed E-state index contributed by atoms with van der Waals surface area (Å²) >= 11 is 0. The molecule has 0 unspecified atom stereocenters. The lowest BCUT2D eigenvalue weighted by molar-refractivity contribution is -0.133. The number of hydrogen-bond acceptors (Lipinski definition) is 5. The van der Waals surface area contributed by atoms with E-state index in [0.717, 1.165) is 0 Å². The number of ketones is 1. The minimum atomic E-state index is -0.718. The van der Waals surface area contributed by atoms with E-state index in [1.54, 1.807) is 33.8 Å². The van der Waals surface area contributed by atoms with Gasteiger partial charge in [-0.25, -0.2) is 9.78 Å². The Labute approximate surface area is 123 Å². The normalized spacial score (nSPS) is 10.7. The van der Waals surface area contributed by atoms with Gasteiger partial charge in [-0.15, -0.1) is 0 Å². The molecule has 1 aromatic rings. The monoisotopic (exact) mass is 293 g/mol. The van der Waals surface area contributed by atoms with Gasteiger partial charge in [0.15, 0.2) is 0 Å². The number of aryl methyl sites for hydroxylation is 1. The van der Waals surface area contributed by atoms with Crippen molar-refractivity contribution in [1.82, 2.24) is 4.98 Å². The van der Waals surface area contributed by atoms with Crippen molar-refractivity contribution in [3.8, 4) is 0 Å². The third-order valence-electron chi connectivity index (χ3n) is 2.28. The Balaban J connectivity index is 2.77. The third kappa shape index (κ3) is 5.60. The molecule has 0 aliphatic carbocycles. The van der Waals surface area contributed by atoms with E-state index in [9.17, 15) is 14.4 Å². The van der Waals surface area contributed by atoms with Gasteiger partial charge in [-0.2, -0.15) is 0 Å². The first-order chi connectivity index (χ1) is 9.58. The Morgan fingerprint density at radius 2 is 1.81 bits per heavy atom. The average molecular weight is 293 g/mol. The lowest BCUT2D eigenvalue weighted by Crippen LogP contribution is -2.27. The number of carbonyl (C=O) groups excluding carboxylic acids is 3. The summed E-state index contributed by atoms with van der Waals surface area (Å²) in [6.07, 6.45) is 0.735. The molecule has 2 N–H and O–H groups in total. The summed E-state index contributed by atoms with van der Waals surface area (Å²) in [7, 11) is 0. The predicted molar refractivity (Wildman–Crippen MR) is 78.1 cm³/mol. The second kappa shape index (κ2) is 6.34. The van der Waals surface area contributed by atoms with E-state index >= 15 is 0 Å². The van der Waals surface area contributed by atoms with Crippen LogP contribution in [-0.2, 0) is 14.3 Å². The first-order valence-corrected chi connectivity index (χ1v) is 6.37. The van der Waals surface area contributed by atoms with Crippen LogP contribution in [0.5, 0.6) is 0 Å². The fraction of sp³-hybridized carbons (Fsp3) is 0.429. The maximum atomic E-state index is 11.6. The number of amides is 2. The lowest BCUT2D eigenvalue weighted by Gasteiger charge is -2.20. The van der Waals surface area contributed by atoms with Crippen LogP contribution >= 0.6 is 0 Å². The minimum absolute atomic E-state index is 0.324. The van der Waals surface area contributed by atoms with Crippen molar-refractivity contribution < 1.29 is 19.1 Å². The first kappa shape index (κ1) is 16.6. The highest BCUT2D eigenvalue weighted by Gasteiger charge is 2.17. The van der Waals surface area contributed by atoms with Gasteiger partial charge in [-0.05, 0) is 39.3 Å². The maximum Gasteiger partial charge on any atom is 0.413 e. The standard InChI is InChI=1S/C14H19N3O4/c1-8-6-10(16-12(19)9(2)18)7-15-11(8)17-13(20)21-14(3,4)5/h6-7H,1-5H3,(H,16,19)(H,15,17,20). The van der Waals surface area contributed by atoms with Crippen LogP contribution in [0.4, 0.5) is 16.3 Å². The number of carbonyl (C=O) groups is 3. The molecular formula is C14H19N3O4. The third-order valence-corrected chi connectivity index (χ3v) is 2.28. The fourth-order valence-corrected chi connectivity index (χ4v) is 1.39. The Kier molecular flexibility index (Phi) is 5.02. The maximum absolute atomic E-state index is 11.6. The highest BCUT2D eigenvalue weighted by atomic mass is 16.6. The summed E-state index contributed by atoms with van der Waals surface area (Å²) in [6, 6.07) is 1.60. The van der Waals surface area contributed by atoms with Crippen LogP contribution in [0.3, 0.4) is 0 Å². The number of Topliss-reactive ketones (excluding diaryl/α,β-unsaturated/α-hetero) is 1. The van der Waals surface area contributed by atoms with Gasteiger partial charge in [0.1, 0.15) is 11.4 Å². The van der Waals surface area contributed by atoms with E-state index in [0.29, 0.717) is 17.1 Å². The molecule has 0 fully saturated rings. The number of anilines is 2. The topological polar surface area (TPSA) is 97.4 Å². The summed E-state index contributed by atoms with van der Waals surface area (Å²) < 4.78 is 5.12. The molecule has 0 spiro atoms. The Bertz CT molecular complexity index is 576. The summed E-state index contributed by atoms with van der Waals surface area (Å²) in [5, 5.41) is 4.92. The van der Waals surface area contributed by atoms with Crippen molar-refractivity contribution in [1.29, 1.82) is 0 Å². The van der Waals surface area contributed by atoms with Gasteiger partial charge in [-0.3, -0.25) is 14.9 Å². The van der Waals surface area contributed by atoms with Crippen LogP contribution in [0.25, 0.3) is 0 Å². The fourth-order valence-electron chi connectivity index (χ4n) is 1.39. The molecule has 2 amide bonds. The number of pyridine rings is 1. The van der Waals surface area contributed by atoms with E-state index in [2.05, 4.69) is 15.6 Å². The lowest BCUT2D eigenvalue weighted by atomic mass is 10.2. The number of nitrogens with one attached hydrogen (secondary N) is 2. The smallest absolute Gasteiger partial charge is 0.413 e. The highest BCUT2D eigenvalue weighted by molar-refractivity contribution is 6.39. The van der Waals surface area contributed by atoms with E-state index in [1.165, 1.54) is 13.1 Å². The molecule has 114 valence electrons. The molecule has 0 aliphatic rings. The molecule has 1 rings (SSSR count). The summed E-state index contributed by atoms with van der Waals surface area (Å²) in [6.45, 7) is 8.16. The molecule has 21 heavy (non-hydrogen) atoms. The van der Waals surface area contributed by atoms with Crippen LogP contribution < -0.4 is 10.6 Å². The largest absolute Gasteiger partial charge is 0.444 e. The highest BCUT2D eigenvalue weighted by Crippen LogP contribution is 2.17. The van der Waals surface area contributed by atoms with Crippen molar-refractivity contribution in [2.45, 2.75) is 40.2 Å². The van der Waals surface area contributed by atoms with Gasteiger partial charge in [-0.1, -0.05) is 0 Å². The summed E-state index contributed by atoms with van der Waals surface area (Å²) in [5.74, 6) is -0.988. The second-order valence-electron chi connectivity index (χ2n) is 5.53. The Hall–Kier alpha value is -2.44. The van der Waals surface area contributed by atoms with Crippen LogP contribution in [0.15, 0.2) is 12.3 Å². The van der Waals surface area contributed by atoms with Gasteiger partial charge in [0.2, 0.25) is 5.78 Å². The van der Waals surface area contributed by atoms with E-state index < -0.39 is 23.4 Å². The molecule has 7 heteroatoms. The Morgan fingerprint density at radius 1 is 1.19 bits per heavy atom. The van der Waals surface area contributed by atoms with Crippen LogP contribution in [-0.4, -0.2) is 28.4 Å². The zero-order chi connectivity index (χ0) is 16.2. The van der Waals surface area contributed by atoms with Crippen molar-refractivity contribution in [2.24, 2.45) is 0 Å². The van der Waals surface area contributed by atoms with Crippen molar-refractivity contribution in [3.05, 3.63) is 17.8 Å². The van der Waals surface area contributed by atoms with Crippen molar-refractivity contribution in [3.63, 3.8) is 0 Å². The zero-order valence-electron chi connectivity index (χ0n) is 12.7. The zero-order valence-corrected chi connectivity index (χ0v) is 12.7. The predicted octanol–water partition coefficient (Wildman–Crippen LogP) is 2.26. The molecule has 0 atom stereocenters. The van der Waals surface area contributed by atoms with Crippen molar-refractivity contribution >= 4 is 29.3 Å². The molecule has 7 nitrogen and oxygen atoms in total. The van der Waals surface area contributed by atoms with Crippen LogP contribution in [0.2, 0.25) is 0 Å². The molecule has 0 radical (unpaired) electrons. The molecule has 0 aromatic carbocycles. The number of ether oxygens (including phenoxy) is 1. The van der Waals surface area contributed by atoms with Gasteiger partial charge in [0.25, 0.3) is 5.91 Å². The molecule has 0 aliphatic heterocycles. The SMILES string of the molecule is CC(=O)C(=O)Nc1cnc(NC(=O)OC(C)(C)C)c(C)c1. The van der Waals surface area contributed by atoms with Gasteiger partial charge < -0.3 is 10.1 Å². The van der Waals surface area contributed by atoms with Crippen LogP contribution in [0, 0.1) is 6.92 Å². The van der Waals surface area contributed by atoms with Crippen LogP contribution in [0.1, 0.15) is 33.3 Å². The molecular weight excluding hydrogens is 274 g/mol. The number of rotatable bonds is 3. The number of aromatic nitrogens is 1. The molecule has 1 aromatic heterocycles. The minimum Gasteiger partial charge on any atom is -0.444 e. The van der Waals surface area contributed by atoms with Gasteiger partial charge >= 0.3 is 6.09 Å². The summed E-state index contributed by atoms with van der Waals surface area (Å²) in [4.78, 5) is 37.8. The number of nitrogens with zero attached hydrogens (tertiary/aromatic N) is 1. The van der Waals surface area contributed by atoms with Gasteiger partial charge in [0.05, 0.1) is 11.9 Å². The van der Waals surface area contributed by atoms with E-state index in [4.69, 9.17) is 4.74 Å². The van der Waals surface area contributed by atoms with E-state index in [-0.39, 0.29) is 0 Å². The molecule has 1 heterocycles. The number of hydrogen-bond donors (Lipinski definition) is 2. The van der Waals surface area contributed by atoms with Gasteiger partial charge in [0, 0.05) is 6.92 Å². The average Bonchev–Trinajstić information content (AvgIpc) is 2.30. The van der Waals surface area contributed by atoms with E-state index in [1.807, 2.05) is 0 Å². The quantitative estimate of drug-likeness (QED) is 0.833. The molecule has 0 bridgehead atoms. The van der Waals surface area contributed by atoms with Crippen molar-refractivity contribution in [2.75, 3.05) is 10.6 Å². The molecule has 0 saturated heterocycles. The molecule has 0 saturated carbocycles. The Morgan fingerprint density at radius 3 is 2.29 bits per heavy atom. The second-order valence-corrected chi connectivity index (χ2v) is 5.53.